The van der Waals surface area contributed by atoms with Crippen molar-refractivity contribution in [2.24, 2.45) is 0 Å². The number of unbranched alkanes of at least 4 members (excludes halogenated alkanes) is 8. The Morgan fingerprint density at radius 2 is 1.39 bits per heavy atom. The smallest absolute Gasteiger partial charge is 0.307 e. The number of aliphatic hydroxyl groups excluding tert-OH is 1. The second-order valence-corrected chi connectivity index (χ2v) is 4.87. The fourth-order valence-corrected chi connectivity index (χ4v) is 1.92. The van der Waals surface area contributed by atoms with Gasteiger partial charge in [-0.25, -0.2) is 0 Å². The summed E-state index contributed by atoms with van der Waals surface area (Å²) < 4.78 is 0. The lowest BCUT2D eigenvalue weighted by Gasteiger charge is -2.02. The van der Waals surface area contributed by atoms with Gasteiger partial charge in [-0.15, -0.1) is 0 Å². The maximum absolute atomic E-state index is 10.3. The van der Waals surface area contributed by atoms with Crippen LogP contribution in [0.1, 0.15) is 77.6 Å². The summed E-state index contributed by atoms with van der Waals surface area (Å²) in [5.41, 5.74) is 0. The topological polar surface area (TPSA) is 57.5 Å². The van der Waals surface area contributed by atoms with Crippen molar-refractivity contribution in [3.8, 4) is 0 Å². The van der Waals surface area contributed by atoms with Crippen LogP contribution in [0.2, 0.25) is 0 Å². The zero-order valence-corrected chi connectivity index (χ0v) is 11.7. The number of aliphatic carboxylic acids is 1. The molecule has 0 saturated carbocycles. The van der Waals surface area contributed by atoms with Crippen molar-refractivity contribution >= 4 is 5.97 Å². The van der Waals surface area contributed by atoms with Crippen LogP contribution in [-0.4, -0.2) is 16.2 Å². The summed E-state index contributed by atoms with van der Waals surface area (Å²) in [6.45, 7) is 2.23. The Morgan fingerprint density at radius 3 is 1.89 bits per heavy atom. The Bertz CT molecular complexity index is 234. The van der Waals surface area contributed by atoms with Gasteiger partial charge in [-0.2, -0.15) is 0 Å². The Kier molecular flexibility index (Phi) is 11.8. The van der Waals surface area contributed by atoms with E-state index >= 15 is 0 Å². The second kappa shape index (κ2) is 12.5. The van der Waals surface area contributed by atoms with Gasteiger partial charge in [0.25, 0.3) is 0 Å². The highest BCUT2D eigenvalue weighted by Crippen LogP contribution is 2.12. The molecule has 3 heteroatoms. The van der Waals surface area contributed by atoms with Gasteiger partial charge in [-0.05, 0) is 12.5 Å². The summed E-state index contributed by atoms with van der Waals surface area (Å²) in [5, 5.41) is 17.8. The number of allylic oxidation sites excluding steroid dienone is 1. The number of carboxylic acids is 1. The molecule has 0 saturated heterocycles. The summed E-state index contributed by atoms with van der Waals surface area (Å²) >= 11 is 0. The maximum atomic E-state index is 10.3. The number of hydrogen-bond acceptors (Lipinski definition) is 2. The molecule has 0 atom stereocenters. The van der Waals surface area contributed by atoms with Crippen molar-refractivity contribution in [3.63, 3.8) is 0 Å². The molecule has 0 aliphatic carbocycles. The van der Waals surface area contributed by atoms with Crippen LogP contribution in [0, 0.1) is 0 Å². The van der Waals surface area contributed by atoms with Crippen molar-refractivity contribution < 1.29 is 15.0 Å². The first-order chi connectivity index (χ1) is 8.66. The van der Waals surface area contributed by atoms with E-state index in [1.807, 2.05) is 0 Å². The lowest BCUT2D eigenvalue weighted by molar-refractivity contribution is -0.136. The minimum Gasteiger partial charge on any atom is -0.513 e. The van der Waals surface area contributed by atoms with E-state index in [1.165, 1.54) is 51.0 Å². The number of aliphatic hydroxyl groups is 1. The van der Waals surface area contributed by atoms with Gasteiger partial charge < -0.3 is 10.2 Å². The molecule has 0 amide bonds. The highest BCUT2D eigenvalue weighted by molar-refractivity contribution is 5.68. The Labute approximate surface area is 111 Å². The van der Waals surface area contributed by atoms with Crippen LogP contribution >= 0.6 is 0 Å². The van der Waals surface area contributed by atoms with Crippen LogP contribution in [0.4, 0.5) is 0 Å². The van der Waals surface area contributed by atoms with Crippen LogP contribution in [0.25, 0.3) is 0 Å². The zero-order chi connectivity index (χ0) is 13.6. The van der Waals surface area contributed by atoms with Crippen LogP contribution in [-0.2, 0) is 4.79 Å². The Hall–Kier alpha value is -0.990. The molecule has 0 unspecified atom stereocenters. The van der Waals surface area contributed by atoms with Gasteiger partial charge in [0.2, 0.25) is 0 Å². The minimum atomic E-state index is -0.895. The Morgan fingerprint density at radius 1 is 0.889 bits per heavy atom. The predicted molar refractivity (Wildman–Crippen MR) is 74.8 cm³/mol. The molecular formula is C15H28O3. The van der Waals surface area contributed by atoms with Gasteiger partial charge >= 0.3 is 5.97 Å². The molecule has 2 N–H and O–H groups in total. The number of carbonyl (C=O) groups is 1. The number of rotatable bonds is 12. The molecule has 18 heavy (non-hydrogen) atoms. The first-order valence-electron chi connectivity index (χ1n) is 7.26. The molecule has 0 aliphatic rings. The van der Waals surface area contributed by atoms with E-state index in [0.29, 0.717) is 6.42 Å². The average Bonchev–Trinajstić information content (AvgIpc) is 2.34. The molecule has 0 aromatic carbocycles. The van der Waals surface area contributed by atoms with E-state index in [1.54, 1.807) is 0 Å². The monoisotopic (exact) mass is 256 g/mol. The molecule has 0 heterocycles. The van der Waals surface area contributed by atoms with Crippen LogP contribution < -0.4 is 0 Å². The van der Waals surface area contributed by atoms with Crippen molar-refractivity contribution in [1.29, 1.82) is 0 Å². The van der Waals surface area contributed by atoms with E-state index in [9.17, 15) is 9.90 Å². The van der Waals surface area contributed by atoms with E-state index < -0.39 is 5.97 Å². The van der Waals surface area contributed by atoms with Gasteiger partial charge in [-0.3, -0.25) is 4.79 Å². The predicted octanol–water partition coefficient (Wildman–Crippen LogP) is 4.82. The summed E-state index contributed by atoms with van der Waals surface area (Å²) in [4.78, 5) is 10.3. The molecular weight excluding hydrogens is 228 g/mol. The minimum absolute atomic E-state index is 0.0801. The van der Waals surface area contributed by atoms with Crippen molar-refractivity contribution in [2.45, 2.75) is 77.6 Å². The van der Waals surface area contributed by atoms with Crippen molar-refractivity contribution in [1.82, 2.24) is 0 Å². The summed E-state index contributed by atoms with van der Waals surface area (Å²) in [5.74, 6) is -0.672. The molecule has 0 aromatic rings. The average molecular weight is 256 g/mol. The highest BCUT2D eigenvalue weighted by atomic mass is 16.4. The van der Waals surface area contributed by atoms with Crippen LogP contribution in [0.3, 0.4) is 0 Å². The summed E-state index contributed by atoms with van der Waals surface area (Å²) in [6, 6.07) is 0. The molecule has 0 spiro atoms. The molecule has 0 aromatic heterocycles. The second-order valence-electron chi connectivity index (χ2n) is 4.87. The lowest BCUT2D eigenvalue weighted by Crippen LogP contribution is -1.92. The molecule has 0 aliphatic heterocycles. The Balaban J connectivity index is 3.24. The van der Waals surface area contributed by atoms with Crippen molar-refractivity contribution in [3.05, 3.63) is 11.8 Å². The van der Waals surface area contributed by atoms with Gasteiger partial charge in [0, 0.05) is 6.42 Å². The zero-order valence-electron chi connectivity index (χ0n) is 11.7. The fourth-order valence-electron chi connectivity index (χ4n) is 1.92. The quantitative estimate of drug-likeness (QED) is 0.388. The molecule has 3 nitrogen and oxygen atoms in total. The standard InChI is InChI=1S/C15H28O3/c1-2-3-4-5-6-7-8-9-10-11-14(16)12-13-15(17)18/h12,16H,2-11,13H2,1H3,(H,17,18). The summed E-state index contributed by atoms with van der Waals surface area (Å²) in [6.07, 6.45) is 13.2. The van der Waals surface area contributed by atoms with Crippen molar-refractivity contribution in [2.75, 3.05) is 0 Å². The molecule has 106 valence electrons. The SMILES string of the molecule is CCCCCCCCCCCC(O)=CCC(=O)O. The van der Waals surface area contributed by atoms with Gasteiger partial charge in [0.1, 0.15) is 0 Å². The molecule has 0 bridgehead atoms. The van der Waals surface area contributed by atoms with Crippen LogP contribution in [0.15, 0.2) is 11.8 Å². The third-order valence-electron chi connectivity index (χ3n) is 3.05. The first-order valence-corrected chi connectivity index (χ1v) is 7.26. The third-order valence-corrected chi connectivity index (χ3v) is 3.05. The third kappa shape index (κ3) is 13.1. The van der Waals surface area contributed by atoms with E-state index in [2.05, 4.69) is 6.92 Å². The lowest BCUT2D eigenvalue weighted by atomic mass is 10.1. The summed E-state index contributed by atoms with van der Waals surface area (Å²) in [7, 11) is 0. The fraction of sp³-hybridized carbons (Fsp3) is 0.800. The first kappa shape index (κ1) is 17.0. The number of hydrogen-bond donors (Lipinski definition) is 2. The number of carboxylic acid groups (broad SMARTS) is 1. The normalized spacial score (nSPS) is 11.7. The van der Waals surface area contributed by atoms with Gasteiger partial charge in [-0.1, -0.05) is 58.3 Å². The largest absolute Gasteiger partial charge is 0.513 e. The molecule has 0 radical (unpaired) electrons. The highest BCUT2D eigenvalue weighted by Gasteiger charge is 1.97. The van der Waals surface area contributed by atoms with Gasteiger partial charge in [0.05, 0.1) is 12.2 Å². The van der Waals surface area contributed by atoms with E-state index in [0.717, 1.165) is 12.8 Å². The molecule has 0 fully saturated rings. The van der Waals surface area contributed by atoms with E-state index in [4.69, 9.17) is 5.11 Å². The maximum Gasteiger partial charge on any atom is 0.307 e. The van der Waals surface area contributed by atoms with E-state index in [-0.39, 0.29) is 12.2 Å². The van der Waals surface area contributed by atoms with Crippen LogP contribution in [0.5, 0.6) is 0 Å². The van der Waals surface area contributed by atoms with Gasteiger partial charge in [0.15, 0.2) is 0 Å². The molecule has 0 rings (SSSR count).